The lowest BCUT2D eigenvalue weighted by atomic mass is 9.90. The van der Waals surface area contributed by atoms with Crippen molar-refractivity contribution in [1.82, 2.24) is 10.2 Å². The number of piperidine rings is 1. The molecule has 116 valence electrons. The van der Waals surface area contributed by atoms with Crippen molar-refractivity contribution < 1.29 is 5.11 Å². The number of aromatic hydroxyl groups is 1. The van der Waals surface area contributed by atoms with Crippen LogP contribution < -0.4 is 5.32 Å². The van der Waals surface area contributed by atoms with Crippen LogP contribution >= 0.6 is 0 Å². The lowest BCUT2D eigenvalue weighted by molar-refractivity contribution is 0.131. The molecule has 2 aliphatic rings. The Kier molecular flexibility index (Phi) is 4.51. The van der Waals surface area contributed by atoms with Gasteiger partial charge in [0.25, 0.3) is 0 Å². The summed E-state index contributed by atoms with van der Waals surface area (Å²) in [6.07, 6.45) is 6.44. The molecule has 2 fully saturated rings. The van der Waals surface area contributed by atoms with Crippen LogP contribution in [-0.4, -0.2) is 35.7 Å². The van der Waals surface area contributed by atoms with Gasteiger partial charge in [0.1, 0.15) is 5.75 Å². The van der Waals surface area contributed by atoms with E-state index in [-0.39, 0.29) is 6.04 Å². The quantitative estimate of drug-likeness (QED) is 0.872. The van der Waals surface area contributed by atoms with E-state index < -0.39 is 0 Å². The van der Waals surface area contributed by atoms with Gasteiger partial charge < -0.3 is 15.3 Å². The minimum Gasteiger partial charge on any atom is -0.508 e. The van der Waals surface area contributed by atoms with Gasteiger partial charge >= 0.3 is 0 Å². The molecule has 3 atom stereocenters. The van der Waals surface area contributed by atoms with Gasteiger partial charge in [0, 0.05) is 23.7 Å². The molecule has 1 aromatic carbocycles. The molecule has 0 aliphatic carbocycles. The summed E-state index contributed by atoms with van der Waals surface area (Å²) in [6, 6.07) is 9.60. The fraction of sp³-hybridized carbons (Fsp3) is 0.667. The molecule has 2 heterocycles. The van der Waals surface area contributed by atoms with E-state index in [2.05, 4.69) is 24.2 Å². The van der Waals surface area contributed by atoms with Gasteiger partial charge in [0.15, 0.2) is 0 Å². The average molecular weight is 288 g/mol. The number of benzene rings is 1. The van der Waals surface area contributed by atoms with E-state index >= 15 is 0 Å². The molecule has 0 spiro atoms. The molecule has 0 amide bonds. The fourth-order valence-electron chi connectivity index (χ4n) is 4.26. The molecule has 3 unspecified atom stereocenters. The molecular formula is C18H28N2O. The van der Waals surface area contributed by atoms with Gasteiger partial charge in [-0.1, -0.05) is 25.1 Å². The first kappa shape index (κ1) is 14.9. The molecule has 3 rings (SSSR count). The van der Waals surface area contributed by atoms with Gasteiger partial charge in [-0.3, -0.25) is 0 Å². The van der Waals surface area contributed by atoms with Gasteiger partial charge in [-0.25, -0.2) is 0 Å². The van der Waals surface area contributed by atoms with Crippen molar-refractivity contribution in [2.75, 3.05) is 13.6 Å². The summed E-state index contributed by atoms with van der Waals surface area (Å²) in [6.45, 7) is 3.26. The highest BCUT2D eigenvalue weighted by atomic mass is 16.3. The molecule has 0 aromatic heterocycles. The van der Waals surface area contributed by atoms with Gasteiger partial charge in [-0.05, 0) is 57.7 Å². The third-order valence-corrected chi connectivity index (χ3v) is 5.57. The predicted molar refractivity (Wildman–Crippen MR) is 86.4 cm³/mol. The smallest absolute Gasteiger partial charge is 0.120 e. The van der Waals surface area contributed by atoms with Crippen molar-refractivity contribution in [3.63, 3.8) is 0 Å². The minimum atomic E-state index is 0.267. The summed E-state index contributed by atoms with van der Waals surface area (Å²) in [5.41, 5.74) is 1.04. The summed E-state index contributed by atoms with van der Waals surface area (Å²) < 4.78 is 0. The molecule has 2 bridgehead atoms. The zero-order valence-corrected chi connectivity index (χ0v) is 13.3. The predicted octanol–water partition coefficient (Wildman–Crippen LogP) is 3.31. The first-order valence-electron chi connectivity index (χ1n) is 8.42. The summed E-state index contributed by atoms with van der Waals surface area (Å²) in [4.78, 5) is 2.59. The monoisotopic (exact) mass is 288 g/mol. The number of nitrogens with zero attached hydrogens (tertiary/aromatic N) is 1. The standard InChI is InChI=1S/C18H28N2O/c1-3-17(16-6-4-5-7-18(16)21)19-12-13-10-14-8-9-15(11-13)20(14)2/h4-7,13-15,17,19,21H,3,8-12H2,1-2H3. The van der Waals surface area contributed by atoms with Crippen LogP contribution in [0.1, 0.15) is 50.6 Å². The highest BCUT2D eigenvalue weighted by molar-refractivity contribution is 5.34. The average Bonchev–Trinajstić information content (AvgIpc) is 2.72. The van der Waals surface area contributed by atoms with Gasteiger partial charge in [-0.15, -0.1) is 0 Å². The highest BCUT2D eigenvalue weighted by Gasteiger charge is 2.38. The van der Waals surface area contributed by atoms with Crippen LogP contribution in [0, 0.1) is 5.92 Å². The Balaban J connectivity index is 1.58. The largest absolute Gasteiger partial charge is 0.508 e. The topological polar surface area (TPSA) is 35.5 Å². The number of phenols is 1. The molecule has 3 heteroatoms. The molecule has 2 saturated heterocycles. The van der Waals surface area contributed by atoms with Crippen LogP contribution in [0.2, 0.25) is 0 Å². The maximum Gasteiger partial charge on any atom is 0.120 e. The van der Waals surface area contributed by atoms with Crippen LogP contribution in [-0.2, 0) is 0 Å². The van der Waals surface area contributed by atoms with Crippen LogP contribution in [0.15, 0.2) is 24.3 Å². The van der Waals surface area contributed by atoms with Crippen molar-refractivity contribution >= 4 is 0 Å². The Hall–Kier alpha value is -1.06. The Morgan fingerprint density at radius 2 is 1.90 bits per heavy atom. The third-order valence-electron chi connectivity index (χ3n) is 5.57. The second kappa shape index (κ2) is 6.37. The zero-order chi connectivity index (χ0) is 14.8. The SMILES string of the molecule is CCC(NCC1CC2CCC(C1)N2C)c1ccccc1O. The van der Waals surface area contributed by atoms with Crippen LogP contribution in [0.4, 0.5) is 0 Å². The van der Waals surface area contributed by atoms with E-state index in [1.54, 1.807) is 6.07 Å². The lowest BCUT2D eigenvalue weighted by Crippen LogP contribution is -2.42. The van der Waals surface area contributed by atoms with Crippen LogP contribution in [0.5, 0.6) is 5.75 Å². The number of fused-ring (bicyclic) bond motifs is 2. The maximum atomic E-state index is 10.0. The molecule has 0 radical (unpaired) electrons. The van der Waals surface area contributed by atoms with Gasteiger partial charge in [0.05, 0.1) is 0 Å². The molecule has 3 nitrogen and oxygen atoms in total. The van der Waals surface area contributed by atoms with Gasteiger partial charge in [0.2, 0.25) is 0 Å². The highest BCUT2D eigenvalue weighted by Crippen LogP contribution is 2.37. The van der Waals surface area contributed by atoms with Gasteiger partial charge in [-0.2, -0.15) is 0 Å². The Bertz CT molecular complexity index is 462. The molecule has 21 heavy (non-hydrogen) atoms. The molecule has 0 saturated carbocycles. The second-order valence-corrected chi connectivity index (χ2v) is 6.82. The summed E-state index contributed by atoms with van der Waals surface area (Å²) in [7, 11) is 2.29. The normalized spacial score (nSPS) is 30.5. The molecule has 2 N–H and O–H groups in total. The second-order valence-electron chi connectivity index (χ2n) is 6.82. The van der Waals surface area contributed by atoms with E-state index in [4.69, 9.17) is 0 Å². The van der Waals surface area contributed by atoms with E-state index in [0.717, 1.165) is 36.5 Å². The number of hydrogen-bond acceptors (Lipinski definition) is 3. The summed E-state index contributed by atoms with van der Waals surface area (Å²) >= 11 is 0. The maximum absolute atomic E-state index is 10.0. The number of phenolic OH excluding ortho intramolecular Hbond substituents is 1. The number of nitrogens with one attached hydrogen (secondary N) is 1. The number of rotatable bonds is 5. The fourth-order valence-corrected chi connectivity index (χ4v) is 4.26. The third kappa shape index (κ3) is 3.09. The van der Waals surface area contributed by atoms with Crippen molar-refractivity contribution in [3.8, 4) is 5.75 Å². The van der Waals surface area contributed by atoms with Crippen molar-refractivity contribution in [2.24, 2.45) is 5.92 Å². The van der Waals surface area contributed by atoms with E-state index in [9.17, 15) is 5.11 Å². The van der Waals surface area contributed by atoms with Crippen LogP contribution in [0.25, 0.3) is 0 Å². The van der Waals surface area contributed by atoms with E-state index in [1.807, 2.05) is 18.2 Å². The molecule has 2 aliphatic heterocycles. The lowest BCUT2D eigenvalue weighted by Gasteiger charge is -2.37. The molecule has 1 aromatic rings. The zero-order valence-electron chi connectivity index (χ0n) is 13.3. The summed E-state index contributed by atoms with van der Waals surface area (Å²) in [5, 5.41) is 13.7. The minimum absolute atomic E-state index is 0.267. The van der Waals surface area contributed by atoms with E-state index in [0.29, 0.717) is 5.75 Å². The van der Waals surface area contributed by atoms with Crippen molar-refractivity contribution in [3.05, 3.63) is 29.8 Å². The Labute approximate surface area is 128 Å². The van der Waals surface area contributed by atoms with Crippen molar-refractivity contribution in [1.29, 1.82) is 0 Å². The number of hydrogen-bond donors (Lipinski definition) is 2. The summed E-state index contributed by atoms with van der Waals surface area (Å²) in [5.74, 6) is 1.21. The first-order chi connectivity index (χ1) is 10.2. The molecular weight excluding hydrogens is 260 g/mol. The van der Waals surface area contributed by atoms with Crippen LogP contribution in [0.3, 0.4) is 0 Å². The Morgan fingerprint density at radius 3 is 2.52 bits per heavy atom. The first-order valence-corrected chi connectivity index (χ1v) is 8.42. The van der Waals surface area contributed by atoms with Crippen molar-refractivity contribution in [2.45, 2.75) is 57.2 Å². The Morgan fingerprint density at radius 1 is 1.24 bits per heavy atom. The number of para-hydroxylation sites is 1. The van der Waals surface area contributed by atoms with E-state index in [1.165, 1.54) is 25.7 Å².